The number of aromatic amines is 1. The van der Waals surface area contributed by atoms with Gasteiger partial charge in [-0.3, -0.25) is 5.10 Å². The Morgan fingerprint density at radius 3 is 2.76 bits per heavy atom. The molecule has 0 aliphatic rings. The molecule has 0 aliphatic carbocycles. The molecule has 0 saturated heterocycles. The van der Waals surface area contributed by atoms with Crippen molar-refractivity contribution in [3.63, 3.8) is 0 Å². The number of rotatable bonds is 5. The van der Waals surface area contributed by atoms with E-state index < -0.39 is 15.8 Å². The highest BCUT2D eigenvalue weighted by Crippen LogP contribution is 2.14. The van der Waals surface area contributed by atoms with Crippen LogP contribution in [0.25, 0.3) is 0 Å². The maximum atomic E-state index is 13.8. The SMILES string of the molecule is Cc1[nH]ncc1S(=O)(=O)NCc1ccc(C(N)=S)cc1F. The molecule has 2 rings (SSSR count). The van der Waals surface area contributed by atoms with Gasteiger partial charge in [0.1, 0.15) is 15.7 Å². The van der Waals surface area contributed by atoms with Gasteiger partial charge in [0.2, 0.25) is 10.0 Å². The van der Waals surface area contributed by atoms with E-state index in [2.05, 4.69) is 14.9 Å². The Kier molecular flexibility index (Phi) is 4.35. The van der Waals surface area contributed by atoms with Crippen molar-refractivity contribution < 1.29 is 12.8 Å². The van der Waals surface area contributed by atoms with Gasteiger partial charge in [0.15, 0.2) is 0 Å². The quantitative estimate of drug-likeness (QED) is 0.710. The zero-order valence-corrected chi connectivity index (χ0v) is 12.7. The zero-order valence-electron chi connectivity index (χ0n) is 11.1. The van der Waals surface area contributed by atoms with E-state index in [1.165, 1.54) is 24.4 Å². The highest BCUT2D eigenvalue weighted by molar-refractivity contribution is 7.89. The first-order chi connectivity index (χ1) is 9.81. The molecule has 0 unspecified atom stereocenters. The average molecular weight is 328 g/mol. The summed E-state index contributed by atoms with van der Waals surface area (Å²) in [5.41, 5.74) is 6.39. The third-order valence-corrected chi connectivity index (χ3v) is 4.61. The molecule has 21 heavy (non-hydrogen) atoms. The molecule has 6 nitrogen and oxygen atoms in total. The Bertz CT molecular complexity index is 786. The number of thiocarbonyl (C=S) groups is 1. The summed E-state index contributed by atoms with van der Waals surface area (Å²) in [5, 5.41) is 6.18. The topological polar surface area (TPSA) is 101 Å². The average Bonchev–Trinajstić information content (AvgIpc) is 2.84. The van der Waals surface area contributed by atoms with Crippen LogP contribution in [-0.4, -0.2) is 23.6 Å². The third kappa shape index (κ3) is 3.43. The predicted molar refractivity (Wildman–Crippen MR) is 79.6 cm³/mol. The molecular weight excluding hydrogens is 315 g/mol. The zero-order chi connectivity index (χ0) is 15.6. The van der Waals surface area contributed by atoms with Crippen LogP contribution in [-0.2, 0) is 16.6 Å². The van der Waals surface area contributed by atoms with E-state index in [1.807, 2.05) is 0 Å². The van der Waals surface area contributed by atoms with Gasteiger partial charge in [-0.25, -0.2) is 17.5 Å². The number of nitrogens with two attached hydrogens (primary N) is 1. The summed E-state index contributed by atoms with van der Waals surface area (Å²) in [6.07, 6.45) is 1.20. The van der Waals surface area contributed by atoms with Crippen LogP contribution in [0.2, 0.25) is 0 Å². The van der Waals surface area contributed by atoms with Crippen LogP contribution in [0.5, 0.6) is 0 Å². The molecule has 0 saturated carbocycles. The molecule has 0 radical (unpaired) electrons. The molecule has 0 amide bonds. The smallest absolute Gasteiger partial charge is 0.244 e. The van der Waals surface area contributed by atoms with Crippen LogP contribution in [0, 0.1) is 12.7 Å². The molecule has 0 spiro atoms. The number of nitrogens with one attached hydrogen (secondary N) is 2. The van der Waals surface area contributed by atoms with Gasteiger partial charge in [-0.1, -0.05) is 24.4 Å². The fraction of sp³-hybridized carbons (Fsp3) is 0.167. The molecule has 0 atom stereocenters. The fourth-order valence-electron chi connectivity index (χ4n) is 1.71. The number of nitrogens with zero attached hydrogens (tertiary/aromatic N) is 1. The minimum atomic E-state index is -3.75. The van der Waals surface area contributed by atoms with Crippen molar-refractivity contribution in [3.8, 4) is 0 Å². The number of aromatic nitrogens is 2. The van der Waals surface area contributed by atoms with Gasteiger partial charge >= 0.3 is 0 Å². The molecule has 1 heterocycles. The van der Waals surface area contributed by atoms with Crippen molar-refractivity contribution in [1.29, 1.82) is 0 Å². The standard InChI is InChI=1S/C12H13FN4O2S2/c1-7-11(6-15-17-7)21(18,19)16-5-9-3-2-8(12(14)20)4-10(9)13/h2-4,6,16H,5H2,1H3,(H2,14,20)(H,15,17). The summed E-state index contributed by atoms with van der Waals surface area (Å²) in [7, 11) is -3.75. The van der Waals surface area contributed by atoms with Crippen LogP contribution >= 0.6 is 12.2 Å². The van der Waals surface area contributed by atoms with E-state index in [0.717, 1.165) is 0 Å². The molecular formula is C12H13FN4O2S2. The summed E-state index contributed by atoms with van der Waals surface area (Å²) >= 11 is 4.75. The largest absolute Gasteiger partial charge is 0.389 e. The number of H-pyrrole nitrogens is 1. The number of hydrogen-bond donors (Lipinski definition) is 3. The third-order valence-electron chi connectivity index (χ3n) is 2.86. The number of aryl methyl sites for hydroxylation is 1. The minimum Gasteiger partial charge on any atom is -0.389 e. The number of benzene rings is 1. The van der Waals surface area contributed by atoms with Crippen LogP contribution in [0.3, 0.4) is 0 Å². The van der Waals surface area contributed by atoms with E-state index in [1.54, 1.807) is 6.92 Å². The van der Waals surface area contributed by atoms with Crippen molar-refractivity contribution in [2.45, 2.75) is 18.4 Å². The Balaban J connectivity index is 2.17. The second-order valence-electron chi connectivity index (χ2n) is 4.35. The lowest BCUT2D eigenvalue weighted by atomic mass is 10.1. The van der Waals surface area contributed by atoms with E-state index >= 15 is 0 Å². The molecule has 0 bridgehead atoms. The van der Waals surface area contributed by atoms with Gasteiger partial charge in [-0.2, -0.15) is 5.10 Å². The van der Waals surface area contributed by atoms with Crippen LogP contribution in [0.4, 0.5) is 4.39 Å². The van der Waals surface area contributed by atoms with E-state index in [0.29, 0.717) is 11.3 Å². The van der Waals surface area contributed by atoms with E-state index in [9.17, 15) is 12.8 Å². The highest BCUT2D eigenvalue weighted by Gasteiger charge is 2.18. The Morgan fingerprint density at radius 1 is 1.52 bits per heavy atom. The number of sulfonamides is 1. The number of hydrogen-bond acceptors (Lipinski definition) is 4. The van der Waals surface area contributed by atoms with Crippen LogP contribution in [0.15, 0.2) is 29.3 Å². The monoisotopic (exact) mass is 328 g/mol. The molecule has 9 heteroatoms. The van der Waals surface area contributed by atoms with Crippen molar-refractivity contribution in [3.05, 3.63) is 47.0 Å². The summed E-state index contributed by atoms with van der Waals surface area (Å²) < 4.78 is 40.2. The second-order valence-corrected chi connectivity index (χ2v) is 6.53. The predicted octanol–water partition coefficient (Wildman–Crippen LogP) is 0.970. The molecule has 2 aromatic rings. The lowest BCUT2D eigenvalue weighted by molar-refractivity contribution is 0.574. The fourth-order valence-corrected chi connectivity index (χ4v) is 2.97. The van der Waals surface area contributed by atoms with Gasteiger partial charge in [0.25, 0.3) is 0 Å². The molecule has 0 fully saturated rings. The van der Waals surface area contributed by atoms with Crippen molar-refractivity contribution in [2.24, 2.45) is 5.73 Å². The summed E-state index contributed by atoms with van der Waals surface area (Å²) in [5.74, 6) is -0.577. The highest BCUT2D eigenvalue weighted by atomic mass is 32.2. The van der Waals surface area contributed by atoms with Crippen molar-refractivity contribution >= 4 is 27.2 Å². The van der Waals surface area contributed by atoms with Gasteiger partial charge < -0.3 is 5.73 Å². The lowest BCUT2D eigenvalue weighted by Gasteiger charge is -2.08. The van der Waals surface area contributed by atoms with Gasteiger partial charge in [0.05, 0.1) is 11.9 Å². The van der Waals surface area contributed by atoms with Gasteiger partial charge in [-0.05, 0) is 13.0 Å². The van der Waals surface area contributed by atoms with Gasteiger partial charge in [0, 0.05) is 17.7 Å². The van der Waals surface area contributed by atoms with E-state index in [4.69, 9.17) is 18.0 Å². The van der Waals surface area contributed by atoms with Crippen LogP contribution < -0.4 is 10.5 Å². The van der Waals surface area contributed by atoms with Crippen LogP contribution in [0.1, 0.15) is 16.8 Å². The second kappa shape index (κ2) is 5.88. The lowest BCUT2D eigenvalue weighted by Crippen LogP contribution is -2.24. The summed E-state index contributed by atoms with van der Waals surface area (Å²) in [6.45, 7) is 1.40. The first kappa shape index (κ1) is 15.5. The number of halogens is 1. The molecule has 0 aliphatic heterocycles. The maximum Gasteiger partial charge on any atom is 0.244 e. The Labute approximate surface area is 126 Å². The first-order valence-corrected chi connectivity index (χ1v) is 7.78. The minimum absolute atomic E-state index is 0.0302. The Morgan fingerprint density at radius 2 is 2.24 bits per heavy atom. The van der Waals surface area contributed by atoms with Crippen molar-refractivity contribution in [2.75, 3.05) is 0 Å². The summed E-state index contributed by atoms with van der Waals surface area (Å²) in [6, 6.07) is 4.15. The molecule has 112 valence electrons. The molecule has 4 N–H and O–H groups in total. The molecule has 1 aromatic carbocycles. The van der Waals surface area contributed by atoms with Gasteiger partial charge in [-0.15, -0.1) is 0 Å². The summed E-state index contributed by atoms with van der Waals surface area (Å²) in [4.78, 5) is 0.109. The van der Waals surface area contributed by atoms with E-state index in [-0.39, 0.29) is 22.0 Å². The van der Waals surface area contributed by atoms with Crippen molar-refractivity contribution in [1.82, 2.24) is 14.9 Å². The Hall–Kier alpha value is -1.84. The molecule has 1 aromatic heterocycles. The first-order valence-electron chi connectivity index (χ1n) is 5.89. The maximum absolute atomic E-state index is 13.8. The normalized spacial score (nSPS) is 11.5.